The van der Waals surface area contributed by atoms with Crippen molar-refractivity contribution >= 4 is 35.0 Å². The molecule has 2 amide bonds. The smallest absolute Gasteiger partial charge is 0.415 e. The fourth-order valence-corrected chi connectivity index (χ4v) is 5.25. The molecule has 0 unspecified atom stereocenters. The fraction of sp³-hybridized carbons (Fsp3) is 0.379. The minimum absolute atomic E-state index is 0.0134. The predicted octanol–water partition coefficient (Wildman–Crippen LogP) is 4.35. The molecule has 1 fully saturated rings. The summed E-state index contributed by atoms with van der Waals surface area (Å²) in [5.74, 6) is -2.16. The van der Waals surface area contributed by atoms with Gasteiger partial charge >= 0.3 is 12.1 Å². The first kappa shape index (κ1) is 26.9. The summed E-state index contributed by atoms with van der Waals surface area (Å²) in [4.78, 5) is 52.0. The van der Waals surface area contributed by atoms with Crippen molar-refractivity contribution in [2.24, 2.45) is 11.7 Å². The number of carbonyl (C=O) groups excluding carboxylic acids is 4. The number of esters is 1. The first-order valence-electron chi connectivity index (χ1n) is 12.8. The number of ether oxygens (including phenoxy) is 2. The number of nitrogens with zero attached hydrogens (tertiary/aromatic N) is 2. The molecule has 0 saturated heterocycles. The molecule has 200 valence electrons. The second kappa shape index (κ2) is 11.9. The van der Waals surface area contributed by atoms with Crippen molar-refractivity contribution in [2.75, 3.05) is 18.6 Å². The molecule has 9 nitrogen and oxygen atoms in total. The van der Waals surface area contributed by atoms with Crippen LogP contribution in [-0.4, -0.2) is 41.8 Å². The number of primary amides is 1. The number of aromatic nitrogens is 1. The summed E-state index contributed by atoms with van der Waals surface area (Å²) in [7, 11) is 1.22. The summed E-state index contributed by atoms with van der Waals surface area (Å²) in [5, 5.41) is 0. The molecule has 9 heteroatoms. The lowest BCUT2D eigenvalue weighted by Crippen LogP contribution is -2.37. The Labute approximate surface area is 221 Å². The van der Waals surface area contributed by atoms with Crippen LogP contribution in [0.25, 0.3) is 5.52 Å². The summed E-state index contributed by atoms with van der Waals surface area (Å²) in [5.41, 5.74) is 8.45. The van der Waals surface area contributed by atoms with Crippen LogP contribution in [0.1, 0.15) is 59.3 Å². The number of fused-ring (bicyclic) bond motifs is 1. The zero-order chi connectivity index (χ0) is 27.2. The van der Waals surface area contributed by atoms with Crippen molar-refractivity contribution in [3.05, 3.63) is 71.0 Å². The molecule has 1 aromatic carbocycles. The van der Waals surface area contributed by atoms with Crippen molar-refractivity contribution in [3.8, 4) is 0 Å². The third kappa shape index (κ3) is 5.72. The van der Waals surface area contributed by atoms with Crippen LogP contribution < -0.4 is 10.6 Å². The fourth-order valence-electron chi connectivity index (χ4n) is 5.25. The molecule has 0 bridgehead atoms. The Morgan fingerprint density at radius 3 is 2.39 bits per heavy atom. The molecule has 2 aromatic heterocycles. The number of rotatable bonds is 9. The SMILES string of the molecule is COC(=O)CN(C(=O)OCc1ccccc1)c1cccn2c(CC3CCCCC3)c(C)c(C(=O)C(N)=O)c12. The van der Waals surface area contributed by atoms with Gasteiger partial charge in [-0.1, -0.05) is 62.4 Å². The quantitative estimate of drug-likeness (QED) is 0.255. The number of hydrogen-bond donors (Lipinski definition) is 1. The molecule has 0 atom stereocenters. The number of amides is 2. The van der Waals surface area contributed by atoms with Crippen LogP contribution in [-0.2, 0) is 32.1 Å². The Kier molecular flexibility index (Phi) is 8.45. The van der Waals surface area contributed by atoms with E-state index in [9.17, 15) is 19.2 Å². The van der Waals surface area contributed by atoms with Gasteiger partial charge in [0, 0.05) is 11.9 Å². The Balaban J connectivity index is 1.82. The van der Waals surface area contributed by atoms with Crippen molar-refractivity contribution < 1.29 is 28.7 Å². The minimum Gasteiger partial charge on any atom is -0.468 e. The zero-order valence-corrected chi connectivity index (χ0v) is 21.8. The lowest BCUT2D eigenvalue weighted by atomic mass is 9.85. The van der Waals surface area contributed by atoms with Gasteiger partial charge in [0.15, 0.2) is 0 Å². The summed E-state index contributed by atoms with van der Waals surface area (Å²) in [6.45, 7) is 1.33. The topological polar surface area (TPSA) is 120 Å². The first-order chi connectivity index (χ1) is 18.3. The average molecular weight is 520 g/mol. The molecule has 4 rings (SSSR count). The van der Waals surface area contributed by atoms with E-state index < -0.39 is 30.3 Å². The van der Waals surface area contributed by atoms with Crippen LogP contribution in [0.15, 0.2) is 48.7 Å². The molecule has 0 radical (unpaired) electrons. The van der Waals surface area contributed by atoms with E-state index in [-0.39, 0.29) is 17.9 Å². The maximum atomic E-state index is 13.3. The highest BCUT2D eigenvalue weighted by atomic mass is 16.6. The molecule has 0 aliphatic heterocycles. The number of pyridine rings is 1. The molecule has 1 saturated carbocycles. The third-order valence-electron chi connectivity index (χ3n) is 7.20. The van der Waals surface area contributed by atoms with E-state index in [2.05, 4.69) is 0 Å². The predicted molar refractivity (Wildman–Crippen MR) is 142 cm³/mol. The highest BCUT2D eigenvalue weighted by Gasteiger charge is 2.31. The summed E-state index contributed by atoms with van der Waals surface area (Å²) >= 11 is 0. The van der Waals surface area contributed by atoms with E-state index in [1.165, 1.54) is 13.5 Å². The van der Waals surface area contributed by atoms with Gasteiger partial charge in [-0.2, -0.15) is 0 Å². The van der Waals surface area contributed by atoms with Crippen LogP contribution in [0.5, 0.6) is 0 Å². The first-order valence-corrected chi connectivity index (χ1v) is 12.8. The standard InChI is InChI=1S/C29H33N3O6/c1-19-23(16-20-10-5-3-6-11-20)31-15-9-14-22(26(31)25(19)27(34)28(30)35)32(17-24(33)37-2)29(36)38-18-21-12-7-4-8-13-21/h4,7-9,12-15,20H,3,5-6,10-11,16-18H2,1-2H3,(H2,30,35). The van der Waals surface area contributed by atoms with Crippen molar-refractivity contribution in [1.29, 1.82) is 0 Å². The van der Waals surface area contributed by atoms with E-state index in [0.717, 1.165) is 48.3 Å². The molecule has 1 aliphatic carbocycles. The number of methoxy groups -OCH3 is 1. The van der Waals surface area contributed by atoms with Gasteiger partial charge in [0.05, 0.1) is 23.9 Å². The van der Waals surface area contributed by atoms with Gasteiger partial charge in [0.2, 0.25) is 0 Å². The van der Waals surface area contributed by atoms with Crippen LogP contribution >= 0.6 is 0 Å². The molecule has 2 N–H and O–H groups in total. The molecular weight excluding hydrogens is 486 g/mol. The summed E-state index contributed by atoms with van der Waals surface area (Å²) < 4.78 is 12.2. The van der Waals surface area contributed by atoms with E-state index >= 15 is 0 Å². The maximum Gasteiger partial charge on any atom is 0.415 e. The molecule has 1 aliphatic rings. The molecule has 38 heavy (non-hydrogen) atoms. The van der Waals surface area contributed by atoms with Gasteiger partial charge in [-0.15, -0.1) is 0 Å². The lowest BCUT2D eigenvalue weighted by molar-refractivity contribution is -0.138. The monoisotopic (exact) mass is 519 g/mol. The van der Waals surface area contributed by atoms with Gasteiger partial charge in [-0.05, 0) is 42.5 Å². The highest BCUT2D eigenvalue weighted by molar-refractivity contribution is 6.44. The van der Waals surface area contributed by atoms with Crippen molar-refractivity contribution in [3.63, 3.8) is 0 Å². The third-order valence-corrected chi connectivity index (χ3v) is 7.20. The molecule has 0 spiro atoms. The second-order valence-corrected chi connectivity index (χ2v) is 9.66. The van der Waals surface area contributed by atoms with Crippen LogP contribution in [0.3, 0.4) is 0 Å². The number of carbonyl (C=O) groups is 4. The second-order valence-electron chi connectivity index (χ2n) is 9.66. The van der Waals surface area contributed by atoms with Crippen LogP contribution in [0.2, 0.25) is 0 Å². The summed E-state index contributed by atoms with van der Waals surface area (Å²) in [6.07, 6.45) is 7.44. The van der Waals surface area contributed by atoms with E-state index in [4.69, 9.17) is 15.2 Å². The van der Waals surface area contributed by atoms with Gasteiger partial charge in [-0.25, -0.2) is 4.79 Å². The largest absolute Gasteiger partial charge is 0.468 e. The number of nitrogens with two attached hydrogens (primary N) is 1. The van der Waals surface area contributed by atoms with Crippen LogP contribution in [0.4, 0.5) is 10.5 Å². The van der Waals surface area contributed by atoms with E-state index in [1.807, 2.05) is 34.7 Å². The summed E-state index contributed by atoms with van der Waals surface area (Å²) in [6, 6.07) is 12.5. The number of ketones is 1. The highest BCUT2D eigenvalue weighted by Crippen LogP contribution is 2.35. The van der Waals surface area contributed by atoms with Gasteiger partial charge in [0.25, 0.3) is 11.7 Å². The minimum atomic E-state index is -1.09. The average Bonchev–Trinajstić information content (AvgIpc) is 3.21. The van der Waals surface area contributed by atoms with Gasteiger partial charge < -0.3 is 19.6 Å². The van der Waals surface area contributed by atoms with E-state index in [1.54, 1.807) is 25.3 Å². The number of anilines is 1. The Morgan fingerprint density at radius 2 is 1.74 bits per heavy atom. The normalized spacial score (nSPS) is 13.7. The van der Waals surface area contributed by atoms with Crippen molar-refractivity contribution in [2.45, 2.75) is 52.1 Å². The number of benzene rings is 1. The van der Waals surface area contributed by atoms with E-state index in [0.29, 0.717) is 17.0 Å². The lowest BCUT2D eigenvalue weighted by Gasteiger charge is -2.23. The number of Topliss-reactive ketones (excluding diaryl/α,β-unsaturated/α-hetero) is 1. The number of hydrogen-bond acceptors (Lipinski definition) is 6. The van der Waals surface area contributed by atoms with Gasteiger partial charge in [-0.3, -0.25) is 19.3 Å². The zero-order valence-electron chi connectivity index (χ0n) is 21.8. The maximum absolute atomic E-state index is 13.3. The Morgan fingerprint density at radius 1 is 1.03 bits per heavy atom. The Hall–Kier alpha value is -4.14. The van der Waals surface area contributed by atoms with Gasteiger partial charge in [0.1, 0.15) is 13.2 Å². The van der Waals surface area contributed by atoms with Crippen molar-refractivity contribution in [1.82, 2.24) is 4.40 Å². The molecular formula is C29H33N3O6. The van der Waals surface area contributed by atoms with Crippen LogP contribution in [0, 0.1) is 12.8 Å². The Bertz CT molecular complexity index is 1340. The molecule has 3 aromatic rings. The molecule has 2 heterocycles.